The number of aromatic nitrogens is 1. The monoisotopic (exact) mass is 284 g/mol. The van der Waals surface area contributed by atoms with Gasteiger partial charge in [0.05, 0.1) is 0 Å². The number of benzene rings is 1. The van der Waals surface area contributed by atoms with Gasteiger partial charge < -0.3 is 10.1 Å². The maximum atomic E-state index is 13.6. The van der Waals surface area contributed by atoms with Crippen LogP contribution in [0.3, 0.4) is 0 Å². The Kier molecular flexibility index (Phi) is 4.16. The van der Waals surface area contributed by atoms with Crippen molar-refractivity contribution in [2.75, 3.05) is 11.9 Å². The lowest BCUT2D eigenvalue weighted by atomic mass is 10.3. The Morgan fingerprint density at radius 1 is 1.21 bits per heavy atom. The molecule has 0 amide bonds. The van der Waals surface area contributed by atoms with Crippen molar-refractivity contribution in [1.82, 2.24) is 4.98 Å². The molecule has 3 nitrogen and oxygen atoms in total. The summed E-state index contributed by atoms with van der Waals surface area (Å²) in [5, 5.41) is 3.22. The Morgan fingerprint density at radius 3 is 2.53 bits per heavy atom. The Morgan fingerprint density at radius 2 is 1.89 bits per heavy atom. The molecule has 0 atom stereocenters. The molecular weight excluding hydrogens is 274 g/mol. The summed E-state index contributed by atoms with van der Waals surface area (Å²) in [4.78, 5) is 3.76. The highest BCUT2D eigenvalue weighted by Gasteiger charge is 2.13. The minimum Gasteiger partial charge on any atom is -0.436 e. The lowest BCUT2D eigenvalue weighted by molar-refractivity contribution is 0.418. The number of halogens is 3. The van der Waals surface area contributed by atoms with Crippen LogP contribution in [-0.2, 0) is 0 Å². The molecule has 1 aromatic carbocycles. The van der Waals surface area contributed by atoms with Crippen LogP contribution in [0.4, 0.5) is 14.6 Å². The third-order valence-electron chi connectivity index (χ3n) is 2.27. The van der Waals surface area contributed by atoms with E-state index in [0.29, 0.717) is 17.3 Å². The molecule has 0 aliphatic rings. The fraction of sp³-hybridized carbons (Fsp3) is 0.154. The van der Waals surface area contributed by atoms with Gasteiger partial charge in [0.1, 0.15) is 5.75 Å². The molecule has 1 aromatic heterocycles. The van der Waals surface area contributed by atoms with Crippen LogP contribution in [0.15, 0.2) is 30.3 Å². The number of ether oxygens (including phenoxy) is 1. The van der Waals surface area contributed by atoms with Gasteiger partial charge in [0.15, 0.2) is 17.5 Å². The highest BCUT2D eigenvalue weighted by Crippen LogP contribution is 2.26. The first kappa shape index (κ1) is 13.5. The van der Waals surface area contributed by atoms with Crippen molar-refractivity contribution < 1.29 is 13.5 Å². The molecule has 1 heterocycles. The minimum absolute atomic E-state index is 0.0483. The second kappa shape index (κ2) is 5.84. The first-order valence-corrected chi connectivity index (χ1v) is 6.01. The fourth-order valence-electron chi connectivity index (χ4n) is 1.43. The molecular formula is C13H11ClF2N2O. The average Bonchev–Trinajstić information content (AvgIpc) is 2.38. The van der Waals surface area contributed by atoms with Crippen LogP contribution in [0.1, 0.15) is 6.92 Å². The molecule has 0 spiro atoms. The molecule has 0 bridgehead atoms. The van der Waals surface area contributed by atoms with Crippen LogP contribution in [-0.4, -0.2) is 11.5 Å². The molecule has 100 valence electrons. The van der Waals surface area contributed by atoms with Gasteiger partial charge in [-0.3, -0.25) is 0 Å². The number of hydrogen-bond acceptors (Lipinski definition) is 3. The molecule has 2 aromatic rings. The molecule has 6 heteroatoms. The van der Waals surface area contributed by atoms with E-state index in [1.807, 2.05) is 0 Å². The lowest BCUT2D eigenvalue weighted by Crippen LogP contribution is -2.04. The van der Waals surface area contributed by atoms with E-state index in [2.05, 4.69) is 10.3 Å². The minimum atomic E-state index is -0.867. The van der Waals surface area contributed by atoms with E-state index in [4.69, 9.17) is 16.3 Å². The second-order valence-corrected chi connectivity index (χ2v) is 4.13. The van der Waals surface area contributed by atoms with E-state index in [9.17, 15) is 8.78 Å². The van der Waals surface area contributed by atoms with Gasteiger partial charge in [-0.2, -0.15) is 4.98 Å². The van der Waals surface area contributed by atoms with Crippen molar-refractivity contribution in [2.45, 2.75) is 6.92 Å². The van der Waals surface area contributed by atoms with E-state index in [-0.39, 0.29) is 11.7 Å². The standard InChI is InChI=1S/C13H11ClF2N2O/c1-2-17-12-10(15)7-11(16)13(18-12)19-9-5-3-8(14)4-6-9/h3-7H,2H2,1H3,(H,17,18). The molecule has 0 saturated carbocycles. The first-order valence-electron chi connectivity index (χ1n) is 5.63. The topological polar surface area (TPSA) is 34.2 Å². The predicted molar refractivity (Wildman–Crippen MR) is 69.8 cm³/mol. The van der Waals surface area contributed by atoms with Gasteiger partial charge >= 0.3 is 0 Å². The third-order valence-corrected chi connectivity index (χ3v) is 2.52. The van der Waals surface area contributed by atoms with Crippen molar-refractivity contribution in [3.05, 3.63) is 47.0 Å². The summed E-state index contributed by atoms with van der Waals surface area (Å²) >= 11 is 5.73. The summed E-state index contributed by atoms with van der Waals surface area (Å²) in [7, 11) is 0. The first-order chi connectivity index (χ1) is 9.10. The molecule has 0 aliphatic carbocycles. The molecule has 2 rings (SSSR count). The quantitative estimate of drug-likeness (QED) is 0.912. The van der Waals surface area contributed by atoms with Crippen LogP contribution in [0, 0.1) is 11.6 Å². The molecule has 0 radical (unpaired) electrons. The summed E-state index contributed by atoms with van der Waals surface area (Å²) in [5.74, 6) is -1.60. The maximum Gasteiger partial charge on any atom is 0.258 e. The van der Waals surface area contributed by atoms with Crippen molar-refractivity contribution in [3.63, 3.8) is 0 Å². The van der Waals surface area contributed by atoms with Gasteiger partial charge in [-0.25, -0.2) is 8.78 Å². The molecule has 0 aliphatic heterocycles. The molecule has 1 N–H and O–H groups in total. The highest BCUT2D eigenvalue weighted by atomic mass is 35.5. The predicted octanol–water partition coefficient (Wildman–Crippen LogP) is 4.24. The number of rotatable bonds is 4. The van der Waals surface area contributed by atoms with Crippen molar-refractivity contribution in [2.24, 2.45) is 0 Å². The van der Waals surface area contributed by atoms with E-state index < -0.39 is 11.6 Å². The zero-order valence-electron chi connectivity index (χ0n) is 10.1. The Bertz CT molecular complexity index is 576. The van der Waals surface area contributed by atoms with Crippen LogP contribution in [0.25, 0.3) is 0 Å². The number of hydrogen-bond donors (Lipinski definition) is 1. The molecule has 19 heavy (non-hydrogen) atoms. The van der Waals surface area contributed by atoms with E-state index >= 15 is 0 Å². The van der Waals surface area contributed by atoms with Gasteiger partial charge in [-0.1, -0.05) is 11.6 Å². The zero-order valence-corrected chi connectivity index (χ0v) is 10.8. The van der Waals surface area contributed by atoms with E-state index in [1.165, 1.54) is 0 Å². The van der Waals surface area contributed by atoms with Crippen molar-refractivity contribution in [3.8, 4) is 11.6 Å². The summed E-state index contributed by atoms with van der Waals surface area (Å²) in [5.41, 5.74) is 0. The normalized spacial score (nSPS) is 10.3. The van der Waals surface area contributed by atoms with Crippen LogP contribution < -0.4 is 10.1 Å². The summed E-state index contributed by atoms with van der Waals surface area (Å²) in [6.07, 6.45) is 0. The third kappa shape index (κ3) is 3.32. The molecule has 0 saturated heterocycles. The van der Waals surface area contributed by atoms with Crippen LogP contribution in [0.2, 0.25) is 5.02 Å². The van der Waals surface area contributed by atoms with Gasteiger partial charge in [0, 0.05) is 17.6 Å². The van der Waals surface area contributed by atoms with Gasteiger partial charge in [0.25, 0.3) is 5.88 Å². The van der Waals surface area contributed by atoms with E-state index in [1.54, 1.807) is 31.2 Å². The highest BCUT2D eigenvalue weighted by molar-refractivity contribution is 6.30. The molecule has 0 fully saturated rings. The average molecular weight is 285 g/mol. The number of nitrogens with zero attached hydrogens (tertiary/aromatic N) is 1. The Hall–Kier alpha value is -1.88. The zero-order chi connectivity index (χ0) is 13.8. The molecule has 0 unspecified atom stereocenters. The maximum absolute atomic E-state index is 13.6. The smallest absolute Gasteiger partial charge is 0.258 e. The summed E-state index contributed by atoms with van der Waals surface area (Å²) in [6.45, 7) is 2.25. The Balaban J connectivity index is 2.28. The van der Waals surface area contributed by atoms with Crippen molar-refractivity contribution >= 4 is 17.4 Å². The van der Waals surface area contributed by atoms with Crippen LogP contribution in [0.5, 0.6) is 11.6 Å². The van der Waals surface area contributed by atoms with Gasteiger partial charge in [-0.05, 0) is 31.2 Å². The fourth-order valence-corrected chi connectivity index (χ4v) is 1.55. The van der Waals surface area contributed by atoms with Gasteiger partial charge in [0.2, 0.25) is 0 Å². The second-order valence-electron chi connectivity index (χ2n) is 3.69. The Labute approximate surface area is 114 Å². The largest absolute Gasteiger partial charge is 0.436 e. The summed E-state index contributed by atoms with van der Waals surface area (Å²) < 4.78 is 32.2. The van der Waals surface area contributed by atoms with Crippen LogP contribution >= 0.6 is 11.6 Å². The SMILES string of the molecule is CCNc1nc(Oc2ccc(Cl)cc2)c(F)cc1F. The van der Waals surface area contributed by atoms with Crippen molar-refractivity contribution in [1.29, 1.82) is 0 Å². The van der Waals surface area contributed by atoms with E-state index in [0.717, 1.165) is 6.07 Å². The number of anilines is 1. The number of pyridine rings is 1. The summed E-state index contributed by atoms with van der Waals surface area (Å²) in [6, 6.07) is 7.07. The van der Waals surface area contributed by atoms with Gasteiger partial charge in [-0.15, -0.1) is 0 Å². The lowest BCUT2D eigenvalue weighted by Gasteiger charge is -2.09. The number of nitrogens with one attached hydrogen (secondary N) is 1.